The smallest absolute Gasteiger partial charge is 0.336 e. The number of nitrogens with zero attached hydrogens (tertiary/aromatic N) is 1. The molecule has 1 saturated heterocycles. The molecule has 0 aliphatic carbocycles. The van der Waals surface area contributed by atoms with E-state index in [1.54, 1.807) is 24.1 Å². The average Bonchev–Trinajstić information content (AvgIpc) is 3.39. The fourth-order valence-corrected chi connectivity index (χ4v) is 4.75. The highest BCUT2D eigenvalue weighted by Gasteiger charge is 2.38. The predicted molar refractivity (Wildman–Crippen MR) is 136 cm³/mol. The van der Waals surface area contributed by atoms with Crippen LogP contribution in [0.25, 0.3) is 0 Å². The number of carbonyl (C=O) groups is 2. The number of rotatable bonds is 10. The van der Waals surface area contributed by atoms with E-state index in [4.69, 9.17) is 30.5 Å². The van der Waals surface area contributed by atoms with Crippen LogP contribution in [0.15, 0.2) is 59.8 Å². The van der Waals surface area contributed by atoms with Gasteiger partial charge in [0.1, 0.15) is 19.0 Å². The number of hydrogen-bond donors (Lipinski definition) is 0. The minimum Gasteiger partial charge on any atom is -0.491 e. The molecule has 2 aromatic rings. The molecule has 0 radical (unpaired) electrons. The fraction of sp³-hybridized carbons (Fsp3) is 0.429. The molecule has 0 spiro atoms. The standard InChI is InChI=1S/C28H32ClNO6/c1-19-27(28(32)36-18-20-5-11-23(12-6-20)35-15-14-33-2)25(21-7-9-22(29)10-8-21)16-26(31)30(19)17-24-4-3-13-34-24/h5-12,24-25H,3-4,13-18H2,1-2H3/t24-,25+/m1/s1. The number of esters is 1. The maximum atomic E-state index is 13.4. The van der Waals surface area contributed by atoms with Gasteiger partial charge in [0.2, 0.25) is 5.91 Å². The quantitative estimate of drug-likeness (QED) is 0.333. The van der Waals surface area contributed by atoms with E-state index in [1.165, 1.54) is 0 Å². The van der Waals surface area contributed by atoms with Crippen molar-refractivity contribution in [1.82, 2.24) is 4.90 Å². The zero-order chi connectivity index (χ0) is 25.5. The summed E-state index contributed by atoms with van der Waals surface area (Å²) >= 11 is 6.08. The van der Waals surface area contributed by atoms with Crippen LogP contribution in [0.5, 0.6) is 5.75 Å². The number of ether oxygens (including phenoxy) is 4. The maximum absolute atomic E-state index is 13.4. The summed E-state index contributed by atoms with van der Waals surface area (Å²) in [6.07, 6.45) is 2.05. The van der Waals surface area contributed by atoms with Crippen molar-refractivity contribution >= 4 is 23.5 Å². The molecular weight excluding hydrogens is 482 g/mol. The van der Waals surface area contributed by atoms with Crippen molar-refractivity contribution in [2.24, 2.45) is 0 Å². The Labute approximate surface area is 216 Å². The number of allylic oxidation sites excluding steroid dienone is 1. The second-order valence-corrected chi connectivity index (χ2v) is 9.44. The molecule has 1 amide bonds. The van der Waals surface area contributed by atoms with Gasteiger partial charge in [-0.3, -0.25) is 4.79 Å². The summed E-state index contributed by atoms with van der Waals surface area (Å²) in [5, 5.41) is 0.598. The summed E-state index contributed by atoms with van der Waals surface area (Å²) in [7, 11) is 1.62. The highest BCUT2D eigenvalue weighted by molar-refractivity contribution is 6.30. The third-order valence-electron chi connectivity index (χ3n) is 6.57. The minimum absolute atomic E-state index is 0.0159. The average molecular weight is 514 g/mol. The molecule has 2 aromatic carbocycles. The Hall–Kier alpha value is -2.87. The molecular formula is C28H32ClNO6. The lowest BCUT2D eigenvalue weighted by Crippen LogP contribution is -2.42. The van der Waals surface area contributed by atoms with Crippen molar-refractivity contribution in [3.05, 3.63) is 76.0 Å². The molecule has 4 rings (SSSR count). The third kappa shape index (κ3) is 6.46. The minimum atomic E-state index is -0.433. The van der Waals surface area contributed by atoms with Crippen LogP contribution in [0, 0.1) is 0 Å². The predicted octanol–water partition coefficient (Wildman–Crippen LogP) is 4.88. The lowest BCUT2D eigenvalue weighted by Gasteiger charge is -2.35. The Bertz CT molecular complexity index is 1080. The second kappa shape index (κ2) is 12.4. The molecule has 2 atom stereocenters. The molecule has 7 nitrogen and oxygen atoms in total. The van der Waals surface area contributed by atoms with E-state index in [0.29, 0.717) is 42.7 Å². The molecule has 2 aliphatic rings. The van der Waals surface area contributed by atoms with Crippen LogP contribution in [0.1, 0.15) is 43.2 Å². The molecule has 0 saturated carbocycles. The van der Waals surface area contributed by atoms with Crippen LogP contribution >= 0.6 is 11.6 Å². The fourth-order valence-electron chi connectivity index (χ4n) is 4.62. The van der Waals surface area contributed by atoms with Crippen molar-refractivity contribution in [2.75, 3.05) is 33.5 Å². The summed E-state index contributed by atoms with van der Waals surface area (Å²) < 4.78 is 22.1. The Morgan fingerprint density at radius 1 is 1.11 bits per heavy atom. The molecule has 0 N–H and O–H groups in total. The van der Waals surface area contributed by atoms with E-state index in [2.05, 4.69) is 0 Å². The Kier molecular flexibility index (Phi) is 9.02. The van der Waals surface area contributed by atoms with Crippen molar-refractivity contribution in [1.29, 1.82) is 0 Å². The lowest BCUT2D eigenvalue weighted by molar-refractivity contribution is -0.141. The van der Waals surface area contributed by atoms with Gasteiger partial charge in [-0.15, -0.1) is 0 Å². The van der Waals surface area contributed by atoms with Crippen LogP contribution in [0.3, 0.4) is 0 Å². The van der Waals surface area contributed by atoms with Crippen molar-refractivity contribution in [2.45, 2.75) is 44.8 Å². The van der Waals surface area contributed by atoms with Gasteiger partial charge in [-0.05, 0) is 55.2 Å². The van der Waals surface area contributed by atoms with Crippen molar-refractivity contribution < 1.29 is 28.5 Å². The molecule has 8 heteroatoms. The van der Waals surface area contributed by atoms with E-state index in [9.17, 15) is 9.59 Å². The number of amides is 1. The maximum Gasteiger partial charge on any atom is 0.336 e. The molecule has 0 aromatic heterocycles. The van der Waals surface area contributed by atoms with Gasteiger partial charge in [-0.2, -0.15) is 0 Å². The Morgan fingerprint density at radius 2 is 1.86 bits per heavy atom. The number of halogens is 1. The molecule has 36 heavy (non-hydrogen) atoms. The van der Waals surface area contributed by atoms with Crippen molar-refractivity contribution in [3.8, 4) is 5.75 Å². The number of methoxy groups -OCH3 is 1. The first-order valence-electron chi connectivity index (χ1n) is 12.2. The van der Waals surface area contributed by atoms with Gasteiger partial charge in [0.05, 0.1) is 24.8 Å². The third-order valence-corrected chi connectivity index (χ3v) is 6.83. The largest absolute Gasteiger partial charge is 0.491 e. The summed E-state index contributed by atoms with van der Waals surface area (Å²) in [5.74, 6) is -0.139. The zero-order valence-electron chi connectivity index (χ0n) is 20.7. The van der Waals surface area contributed by atoms with E-state index < -0.39 is 11.9 Å². The SMILES string of the molecule is COCCOc1ccc(COC(=O)C2=C(C)N(C[C@H]3CCCO3)C(=O)C[C@H]2c2ccc(Cl)cc2)cc1. The van der Waals surface area contributed by atoms with Gasteiger partial charge in [0.25, 0.3) is 0 Å². The van der Waals surface area contributed by atoms with Crippen LogP contribution in [-0.4, -0.2) is 56.4 Å². The first-order chi connectivity index (χ1) is 17.5. The highest BCUT2D eigenvalue weighted by atomic mass is 35.5. The number of carbonyl (C=O) groups excluding carboxylic acids is 2. The Balaban J connectivity index is 1.52. The summed E-state index contributed by atoms with van der Waals surface area (Å²) in [4.78, 5) is 28.3. The van der Waals surface area contributed by atoms with Crippen LogP contribution in [0.4, 0.5) is 0 Å². The second-order valence-electron chi connectivity index (χ2n) is 9.01. The van der Waals surface area contributed by atoms with E-state index in [-0.39, 0.29) is 25.0 Å². The summed E-state index contributed by atoms with van der Waals surface area (Å²) in [6.45, 7) is 4.05. The normalized spacial score (nSPS) is 20.1. The van der Waals surface area contributed by atoms with Crippen LogP contribution < -0.4 is 4.74 Å². The summed E-state index contributed by atoms with van der Waals surface area (Å²) in [5.41, 5.74) is 2.81. The van der Waals surface area contributed by atoms with Gasteiger partial charge >= 0.3 is 5.97 Å². The Morgan fingerprint density at radius 3 is 2.53 bits per heavy atom. The first kappa shape index (κ1) is 26.2. The molecule has 1 fully saturated rings. The highest BCUT2D eigenvalue weighted by Crippen LogP contribution is 2.38. The van der Waals surface area contributed by atoms with Gasteiger partial charge in [-0.1, -0.05) is 35.9 Å². The molecule has 192 valence electrons. The topological polar surface area (TPSA) is 74.3 Å². The number of benzene rings is 2. The van der Waals surface area contributed by atoms with Crippen molar-refractivity contribution in [3.63, 3.8) is 0 Å². The molecule has 0 unspecified atom stereocenters. The molecule has 2 aliphatic heterocycles. The van der Waals surface area contributed by atoms with Crippen LogP contribution in [0.2, 0.25) is 5.02 Å². The molecule has 0 bridgehead atoms. The van der Waals surface area contributed by atoms with E-state index in [0.717, 1.165) is 29.7 Å². The summed E-state index contributed by atoms with van der Waals surface area (Å²) in [6, 6.07) is 14.7. The van der Waals surface area contributed by atoms with E-state index >= 15 is 0 Å². The first-order valence-corrected chi connectivity index (χ1v) is 12.6. The van der Waals surface area contributed by atoms with Crippen LogP contribution in [-0.2, 0) is 30.4 Å². The van der Waals surface area contributed by atoms with Gasteiger partial charge in [0.15, 0.2) is 0 Å². The molecule has 2 heterocycles. The monoisotopic (exact) mass is 513 g/mol. The van der Waals surface area contributed by atoms with Gasteiger partial charge in [-0.25, -0.2) is 4.79 Å². The number of hydrogen-bond acceptors (Lipinski definition) is 6. The zero-order valence-corrected chi connectivity index (χ0v) is 21.5. The van der Waals surface area contributed by atoms with Gasteiger partial charge in [0, 0.05) is 36.8 Å². The lowest BCUT2D eigenvalue weighted by atomic mass is 9.83. The van der Waals surface area contributed by atoms with E-state index in [1.807, 2.05) is 43.3 Å². The van der Waals surface area contributed by atoms with Gasteiger partial charge < -0.3 is 23.8 Å².